The molecular formula is CHFOS2. The summed E-state index contributed by atoms with van der Waals surface area (Å²) >= 11 is 7.20. The lowest BCUT2D eigenvalue weighted by Crippen LogP contribution is -1.74. The summed E-state index contributed by atoms with van der Waals surface area (Å²) in [5.74, 6) is 0. The predicted octanol–water partition coefficient (Wildman–Crippen LogP) is 1.10. The third-order valence-corrected chi connectivity index (χ3v) is 0.198. The zero-order chi connectivity index (χ0) is 4.28. The highest BCUT2D eigenvalue weighted by molar-refractivity contribution is 8.10. The monoisotopic (exact) mass is 112 g/mol. The number of halogens is 1. The molecule has 0 rings (SSSR count). The molecule has 0 atom stereocenters. The molecule has 0 radical (unpaired) electrons. The Bertz CT molecular complexity index is 44.9. The zero-order valence-corrected chi connectivity index (χ0v) is 3.85. The van der Waals surface area contributed by atoms with Crippen molar-refractivity contribution in [3.05, 3.63) is 0 Å². The van der Waals surface area contributed by atoms with E-state index in [1.807, 2.05) is 0 Å². The summed E-state index contributed by atoms with van der Waals surface area (Å²) in [7, 11) is 0. The summed E-state index contributed by atoms with van der Waals surface area (Å²) in [5.41, 5.74) is 0. The first-order valence-corrected chi connectivity index (χ1v) is 1.64. The molecule has 0 bridgehead atoms. The molecular weight excluding hydrogens is 111 g/mol. The fourth-order valence-electron chi connectivity index (χ4n) is 0. The molecule has 0 aliphatic heterocycles. The van der Waals surface area contributed by atoms with Gasteiger partial charge in [0.1, 0.15) is 0 Å². The Morgan fingerprint density at radius 3 is 2.20 bits per heavy atom. The van der Waals surface area contributed by atoms with Gasteiger partial charge >= 0.3 is 0 Å². The molecule has 0 aliphatic carbocycles. The SMILES string of the molecule is FOC(=S)S. The van der Waals surface area contributed by atoms with Gasteiger partial charge in [0, 0.05) is 4.53 Å². The number of hydrogen-bond donors (Lipinski definition) is 1. The van der Waals surface area contributed by atoms with E-state index in [0.717, 1.165) is 0 Å². The number of thiocarbonyl (C=S) groups is 1. The van der Waals surface area contributed by atoms with Crippen LogP contribution in [0.3, 0.4) is 0 Å². The number of rotatable bonds is 0. The molecule has 1 nitrogen and oxygen atoms in total. The molecule has 0 saturated carbocycles. The summed E-state index contributed by atoms with van der Waals surface area (Å²) in [5, 5.41) is 0. The average molecular weight is 112 g/mol. The average Bonchev–Trinajstić information content (AvgIpc) is 1.38. The predicted molar refractivity (Wildman–Crippen MR) is 23.8 cm³/mol. The molecule has 0 aromatic heterocycles. The minimum Gasteiger partial charge on any atom is -0.275 e. The van der Waals surface area contributed by atoms with Gasteiger partial charge in [-0.05, 0) is 12.2 Å². The Kier molecular flexibility index (Phi) is 2.49. The van der Waals surface area contributed by atoms with Crippen molar-refractivity contribution in [3.63, 3.8) is 0 Å². The quantitative estimate of drug-likeness (QED) is 0.371. The van der Waals surface area contributed by atoms with Gasteiger partial charge < -0.3 is 0 Å². The minimum atomic E-state index is -0.384. The van der Waals surface area contributed by atoms with Crippen LogP contribution in [0.2, 0.25) is 0 Å². The van der Waals surface area contributed by atoms with Crippen molar-refractivity contribution in [2.75, 3.05) is 0 Å². The molecule has 30 valence electrons. The van der Waals surface area contributed by atoms with Crippen LogP contribution in [0.15, 0.2) is 0 Å². The van der Waals surface area contributed by atoms with Crippen LogP contribution in [0.4, 0.5) is 4.53 Å². The van der Waals surface area contributed by atoms with Crippen LogP contribution in [0.5, 0.6) is 0 Å². The first-order chi connectivity index (χ1) is 2.27. The van der Waals surface area contributed by atoms with Crippen molar-refractivity contribution >= 4 is 29.2 Å². The van der Waals surface area contributed by atoms with Crippen molar-refractivity contribution in [1.29, 1.82) is 0 Å². The molecule has 0 heterocycles. The fraction of sp³-hybridized carbons (Fsp3) is 0. The van der Waals surface area contributed by atoms with Crippen LogP contribution >= 0.6 is 24.8 Å². The smallest absolute Gasteiger partial charge is 0.266 e. The summed E-state index contributed by atoms with van der Waals surface area (Å²) in [6, 6.07) is 0. The van der Waals surface area contributed by atoms with E-state index in [1.54, 1.807) is 0 Å². The van der Waals surface area contributed by atoms with Crippen LogP contribution < -0.4 is 0 Å². The summed E-state index contributed by atoms with van der Waals surface area (Å²) in [6.07, 6.45) is 0. The second kappa shape index (κ2) is 2.41. The molecule has 0 amide bonds. The fourth-order valence-corrected chi connectivity index (χ4v) is 0. The van der Waals surface area contributed by atoms with Gasteiger partial charge in [-0.2, -0.15) is 0 Å². The summed E-state index contributed by atoms with van der Waals surface area (Å²) in [6.45, 7) is 0. The van der Waals surface area contributed by atoms with Crippen LogP contribution in [-0.2, 0) is 4.94 Å². The van der Waals surface area contributed by atoms with E-state index in [0.29, 0.717) is 0 Å². The maximum atomic E-state index is 10.4. The van der Waals surface area contributed by atoms with Crippen molar-refractivity contribution in [3.8, 4) is 0 Å². The van der Waals surface area contributed by atoms with Gasteiger partial charge in [-0.15, -0.1) is 0 Å². The van der Waals surface area contributed by atoms with Gasteiger partial charge in [-0.3, -0.25) is 4.94 Å². The van der Waals surface area contributed by atoms with Gasteiger partial charge in [0.2, 0.25) is 0 Å². The van der Waals surface area contributed by atoms with E-state index in [4.69, 9.17) is 0 Å². The highest BCUT2D eigenvalue weighted by atomic mass is 32.1. The Hall–Kier alpha value is 0.170. The largest absolute Gasteiger partial charge is 0.275 e. The second-order valence-corrected chi connectivity index (χ2v) is 1.42. The normalized spacial score (nSPS) is 6.80. The lowest BCUT2D eigenvalue weighted by Gasteiger charge is -1.74. The van der Waals surface area contributed by atoms with Crippen molar-refractivity contribution in [1.82, 2.24) is 0 Å². The molecule has 0 fully saturated rings. The maximum Gasteiger partial charge on any atom is 0.266 e. The lowest BCUT2D eigenvalue weighted by atomic mass is 11.7. The highest BCUT2D eigenvalue weighted by Crippen LogP contribution is 1.83. The van der Waals surface area contributed by atoms with E-state index in [9.17, 15) is 4.53 Å². The van der Waals surface area contributed by atoms with E-state index >= 15 is 0 Å². The maximum absolute atomic E-state index is 10.4. The van der Waals surface area contributed by atoms with Crippen molar-refractivity contribution < 1.29 is 9.47 Å². The van der Waals surface area contributed by atoms with Gasteiger partial charge in [-0.1, -0.05) is 12.6 Å². The Labute approximate surface area is 39.4 Å². The molecule has 0 spiro atoms. The van der Waals surface area contributed by atoms with E-state index in [2.05, 4.69) is 29.8 Å². The van der Waals surface area contributed by atoms with Crippen molar-refractivity contribution in [2.24, 2.45) is 0 Å². The highest BCUT2D eigenvalue weighted by Gasteiger charge is 1.77. The lowest BCUT2D eigenvalue weighted by molar-refractivity contribution is -0.0136. The van der Waals surface area contributed by atoms with Gasteiger partial charge in [-0.25, -0.2) is 0 Å². The zero-order valence-electron chi connectivity index (χ0n) is 2.14. The topological polar surface area (TPSA) is 9.23 Å². The van der Waals surface area contributed by atoms with Gasteiger partial charge in [0.15, 0.2) is 0 Å². The third-order valence-electron chi connectivity index (χ3n) is 0.0660. The molecule has 0 aromatic rings. The van der Waals surface area contributed by atoms with Crippen molar-refractivity contribution in [2.45, 2.75) is 0 Å². The van der Waals surface area contributed by atoms with E-state index < -0.39 is 0 Å². The first-order valence-electron chi connectivity index (χ1n) is 0.786. The Morgan fingerprint density at radius 2 is 2.20 bits per heavy atom. The molecule has 0 unspecified atom stereocenters. The first kappa shape index (κ1) is 5.17. The van der Waals surface area contributed by atoms with E-state index in [-0.39, 0.29) is 4.38 Å². The molecule has 0 saturated heterocycles. The Balaban J connectivity index is 2.85. The number of hydrogen-bond acceptors (Lipinski definition) is 2. The molecule has 5 heavy (non-hydrogen) atoms. The van der Waals surface area contributed by atoms with E-state index in [1.165, 1.54) is 0 Å². The van der Waals surface area contributed by atoms with Crippen LogP contribution in [0, 0.1) is 0 Å². The van der Waals surface area contributed by atoms with Gasteiger partial charge in [0.25, 0.3) is 4.38 Å². The van der Waals surface area contributed by atoms with Crippen LogP contribution in [0.1, 0.15) is 0 Å². The molecule has 4 heteroatoms. The summed E-state index contributed by atoms with van der Waals surface area (Å²) < 4.78 is 10.0. The molecule has 0 aliphatic rings. The standard InChI is InChI=1S/CHFOS2/c2-3-1(4)5/h(H,4,5). The third kappa shape index (κ3) is 4.17. The second-order valence-electron chi connectivity index (χ2n) is 0.343. The van der Waals surface area contributed by atoms with Crippen LogP contribution in [-0.4, -0.2) is 4.38 Å². The summed E-state index contributed by atoms with van der Waals surface area (Å²) in [4.78, 5) is 2.85. The van der Waals surface area contributed by atoms with Crippen LogP contribution in [0.25, 0.3) is 0 Å². The molecule has 0 N–H and O–H groups in total. The molecule has 0 aromatic carbocycles. The Morgan fingerprint density at radius 1 is 2.00 bits per heavy atom. The minimum absolute atomic E-state index is 0.384. The number of thiol groups is 1. The van der Waals surface area contributed by atoms with Gasteiger partial charge in [0.05, 0.1) is 0 Å².